The molecule has 0 aliphatic heterocycles. The number of ether oxygens (including phenoxy) is 1. The fourth-order valence-corrected chi connectivity index (χ4v) is 1.91. The molecule has 1 aromatic carbocycles. The minimum atomic E-state index is -0.448. The molecule has 0 bridgehead atoms. The maximum absolute atomic E-state index is 11.5. The summed E-state index contributed by atoms with van der Waals surface area (Å²) in [4.78, 5) is 11.5. The number of nitrogens with zero attached hydrogens (tertiary/aromatic N) is 1. The molecule has 0 atom stereocenters. The standard InChI is InChI=1S/C13H11BrN2O4/c1-19-11-6-8(5-9(14)12(11)17)7-15-16-13(18)10-3-2-4-20-10/h2-7,17H,1H3,(H,16,18)/b15-7-. The Morgan fingerprint density at radius 2 is 2.35 bits per heavy atom. The molecule has 2 N–H and O–H groups in total. The molecule has 0 radical (unpaired) electrons. The fraction of sp³-hybridized carbons (Fsp3) is 0.0769. The lowest BCUT2D eigenvalue weighted by Crippen LogP contribution is -2.16. The van der Waals surface area contributed by atoms with Crippen LogP contribution >= 0.6 is 15.9 Å². The van der Waals surface area contributed by atoms with E-state index in [1.165, 1.54) is 25.7 Å². The third-order valence-corrected chi connectivity index (χ3v) is 3.00. The van der Waals surface area contributed by atoms with Gasteiger partial charge >= 0.3 is 5.91 Å². The molecule has 6 nitrogen and oxygen atoms in total. The number of methoxy groups -OCH3 is 1. The smallest absolute Gasteiger partial charge is 0.307 e. The summed E-state index contributed by atoms with van der Waals surface area (Å²) < 4.78 is 10.4. The van der Waals surface area contributed by atoms with Crippen LogP contribution in [0.1, 0.15) is 16.1 Å². The summed E-state index contributed by atoms with van der Waals surface area (Å²) >= 11 is 3.20. The first kappa shape index (κ1) is 14.1. The van der Waals surface area contributed by atoms with Crippen molar-refractivity contribution in [3.8, 4) is 11.5 Å². The molecule has 1 aromatic heterocycles. The van der Waals surface area contributed by atoms with E-state index in [9.17, 15) is 9.90 Å². The summed E-state index contributed by atoms with van der Waals surface area (Å²) in [6.45, 7) is 0. The molecule has 2 rings (SSSR count). The van der Waals surface area contributed by atoms with E-state index in [2.05, 4.69) is 26.5 Å². The zero-order valence-electron chi connectivity index (χ0n) is 10.5. The zero-order chi connectivity index (χ0) is 14.5. The van der Waals surface area contributed by atoms with Crippen LogP contribution in [0.2, 0.25) is 0 Å². The van der Waals surface area contributed by atoms with Gasteiger partial charge in [-0.1, -0.05) is 0 Å². The van der Waals surface area contributed by atoms with E-state index in [1.54, 1.807) is 18.2 Å². The summed E-state index contributed by atoms with van der Waals surface area (Å²) in [5.74, 6) is 0.0325. The van der Waals surface area contributed by atoms with Crippen molar-refractivity contribution in [1.29, 1.82) is 0 Å². The number of hydrogen-bond donors (Lipinski definition) is 2. The van der Waals surface area contributed by atoms with Crippen LogP contribution in [0.25, 0.3) is 0 Å². The van der Waals surface area contributed by atoms with Crippen molar-refractivity contribution in [1.82, 2.24) is 5.43 Å². The molecular formula is C13H11BrN2O4. The first-order chi connectivity index (χ1) is 9.61. The first-order valence-corrected chi connectivity index (χ1v) is 6.34. The van der Waals surface area contributed by atoms with Crippen molar-refractivity contribution in [2.24, 2.45) is 5.10 Å². The van der Waals surface area contributed by atoms with Gasteiger partial charge in [0.25, 0.3) is 0 Å². The minimum Gasteiger partial charge on any atom is -0.503 e. The molecule has 7 heteroatoms. The van der Waals surface area contributed by atoms with Crippen molar-refractivity contribution >= 4 is 28.1 Å². The van der Waals surface area contributed by atoms with Crippen molar-refractivity contribution in [2.45, 2.75) is 0 Å². The summed E-state index contributed by atoms with van der Waals surface area (Å²) in [7, 11) is 1.45. The number of benzene rings is 1. The highest BCUT2D eigenvalue weighted by atomic mass is 79.9. The minimum absolute atomic E-state index is 0.00395. The van der Waals surface area contributed by atoms with Gasteiger partial charge in [0.2, 0.25) is 0 Å². The molecule has 2 aromatic rings. The van der Waals surface area contributed by atoms with Crippen LogP contribution < -0.4 is 10.2 Å². The molecular weight excluding hydrogens is 328 g/mol. The highest BCUT2D eigenvalue weighted by Crippen LogP contribution is 2.34. The lowest BCUT2D eigenvalue weighted by molar-refractivity contribution is 0.0927. The van der Waals surface area contributed by atoms with Gasteiger partial charge in [-0.15, -0.1) is 0 Å². The number of nitrogens with one attached hydrogen (secondary N) is 1. The Balaban J connectivity index is 2.08. The van der Waals surface area contributed by atoms with Gasteiger partial charge < -0.3 is 14.3 Å². The number of amides is 1. The van der Waals surface area contributed by atoms with Crippen molar-refractivity contribution in [3.63, 3.8) is 0 Å². The number of hydrazone groups is 1. The summed E-state index contributed by atoms with van der Waals surface area (Å²) in [5, 5.41) is 13.5. The van der Waals surface area contributed by atoms with E-state index in [1.807, 2.05) is 0 Å². The number of halogens is 1. The van der Waals surface area contributed by atoms with Crippen LogP contribution in [0.5, 0.6) is 11.5 Å². The van der Waals surface area contributed by atoms with Crippen LogP contribution in [-0.4, -0.2) is 24.3 Å². The van der Waals surface area contributed by atoms with Gasteiger partial charge in [-0.2, -0.15) is 5.10 Å². The summed E-state index contributed by atoms with van der Waals surface area (Å²) in [6.07, 6.45) is 2.83. The largest absolute Gasteiger partial charge is 0.503 e. The number of rotatable bonds is 4. The Morgan fingerprint density at radius 1 is 1.55 bits per heavy atom. The van der Waals surface area contributed by atoms with Gasteiger partial charge in [0.1, 0.15) is 0 Å². The van der Waals surface area contributed by atoms with Crippen molar-refractivity contribution < 1.29 is 19.1 Å². The second-order valence-corrected chi connectivity index (χ2v) is 4.58. The van der Waals surface area contributed by atoms with Gasteiger partial charge in [0, 0.05) is 0 Å². The van der Waals surface area contributed by atoms with Crippen LogP contribution in [0.15, 0.2) is 44.5 Å². The molecule has 1 heterocycles. The number of carbonyl (C=O) groups is 1. The second-order valence-electron chi connectivity index (χ2n) is 3.73. The van der Waals surface area contributed by atoms with Gasteiger partial charge in [0.05, 0.1) is 24.1 Å². The Morgan fingerprint density at radius 3 is 3.00 bits per heavy atom. The van der Waals surface area contributed by atoms with E-state index in [0.29, 0.717) is 15.8 Å². The molecule has 0 aliphatic carbocycles. The number of phenolic OH excluding ortho intramolecular Hbond substituents is 1. The molecule has 104 valence electrons. The van der Waals surface area contributed by atoms with E-state index in [-0.39, 0.29) is 11.5 Å². The molecule has 20 heavy (non-hydrogen) atoms. The van der Waals surface area contributed by atoms with Crippen molar-refractivity contribution in [2.75, 3.05) is 7.11 Å². The third-order valence-electron chi connectivity index (χ3n) is 2.40. The maximum Gasteiger partial charge on any atom is 0.307 e. The van der Waals surface area contributed by atoms with Crippen LogP contribution in [0.4, 0.5) is 0 Å². The number of carbonyl (C=O) groups excluding carboxylic acids is 1. The lowest BCUT2D eigenvalue weighted by atomic mass is 10.2. The van der Waals surface area contributed by atoms with E-state index in [4.69, 9.17) is 9.15 Å². The van der Waals surface area contributed by atoms with E-state index >= 15 is 0 Å². The fourth-order valence-electron chi connectivity index (χ4n) is 1.45. The average Bonchev–Trinajstić information content (AvgIpc) is 2.96. The monoisotopic (exact) mass is 338 g/mol. The predicted molar refractivity (Wildman–Crippen MR) is 76.1 cm³/mol. The normalized spacial score (nSPS) is 10.7. The Kier molecular flexibility index (Phi) is 4.41. The first-order valence-electron chi connectivity index (χ1n) is 5.55. The SMILES string of the molecule is COc1cc(/C=N\NC(=O)c2ccco2)cc(Br)c1O. The Bertz CT molecular complexity index is 638. The molecule has 0 spiro atoms. The van der Waals surface area contributed by atoms with Gasteiger partial charge in [-0.05, 0) is 45.8 Å². The number of furan rings is 1. The Hall–Kier alpha value is -2.28. The Labute approximate surface area is 123 Å². The lowest BCUT2D eigenvalue weighted by Gasteiger charge is -2.06. The van der Waals surface area contributed by atoms with Gasteiger partial charge in [-0.25, -0.2) is 5.43 Å². The maximum atomic E-state index is 11.5. The topological polar surface area (TPSA) is 84.1 Å². The third kappa shape index (κ3) is 3.18. The van der Waals surface area contributed by atoms with E-state index in [0.717, 1.165) is 0 Å². The van der Waals surface area contributed by atoms with E-state index < -0.39 is 5.91 Å². The molecule has 0 aliphatic rings. The molecule has 0 unspecified atom stereocenters. The number of phenols is 1. The highest BCUT2D eigenvalue weighted by Gasteiger charge is 2.08. The second kappa shape index (κ2) is 6.25. The molecule has 0 saturated carbocycles. The number of hydrogen-bond acceptors (Lipinski definition) is 5. The van der Waals surface area contributed by atoms with Gasteiger partial charge in [0.15, 0.2) is 17.3 Å². The van der Waals surface area contributed by atoms with Gasteiger partial charge in [-0.3, -0.25) is 4.79 Å². The summed E-state index contributed by atoms with van der Waals surface area (Å²) in [5.41, 5.74) is 2.97. The highest BCUT2D eigenvalue weighted by molar-refractivity contribution is 9.10. The summed E-state index contributed by atoms with van der Waals surface area (Å²) in [6, 6.07) is 6.37. The predicted octanol–water partition coefficient (Wildman–Crippen LogP) is 2.52. The molecule has 0 saturated heterocycles. The number of aromatic hydroxyl groups is 1. The zero-order valence-corrected chi connectivity index (χ0v) is 12.0. The van der Waals surface area contributed by atoms with Crippen LogP contribution in [0.3, 0.4) is 0 Å². The van der Waals surface area contributed by atoms with Crippen LogP contribution in [-0.2, 0) is 0 Å². The molecule has 1 amide bonds. The quantitative estimate of drug-likeness (QED) is 0.662. The van der Waals surface area contributed by atoms with Crippen molar-refractivity contribution in [3.05, 3.63) is 46.3 Å². The average molecular weight is 339 g/mol. The molecule has 0 fully saturated rings. The van der Waals surface area contributed by atoms with Crippen LogP contribution in [0, 0.1) is 0 Å².